The van der Waals surface area contributed by atoms with Crippen LogP contribution < -0.4 is 0 Å². The number of nitrogens with zero attached hydrogens (tertiary/aromatic N) is 14. The summed E-state index contributed by atoms with van der Waals surface area (Å²) in [6, 6.07) is 7.95. The molecule has 74 heavy (non-hydrogen) atoms. The molecule has 0 aliphatic rings. The van der Waals surface area contributed by atoms with Crippen LogP contribution in [0, 0.1) is 62.3 Å². The van der Waals surface area contributed by atoms with Crippen LogP contribution >= 0.6 is 0 Å². The van der Waals surface area contributed by atoms with Gasteiger partial charge in [-0.1, -0.05) is 112 Å². The van der Waals surface area contributed by atoms with Gasteiger partial charge in [-0.25, -0.2) is 69.8 Å². The molecule has 7 rings (SSSR count). The van der Waals surface area contributed by atoms with E-state index in [9.17, 15) is 0 Å². The first-order chi connectivity index (χ1) is 33.7. The molecule has 0 fully saturated rings. The van der Waals surface area contributed by atoms with Crippen LogP contribution in [0.1, 0.15) is 244 Å². The van der Waals surface area contributed by atoms with E-state index in [1.165, 1.54) is 16.7 Å². The highest BCUT2D eigenvalue weighted by Gasteiger charge is 2.08. The van der Waals surface area contributed by atoms with Crippen LogP contribution in [0.3, 0.4) is 0 Å². The van der Waals surface area contributed by atoms with E-state index in [2.05, 4.69) is 181 Å². The summed E-state index contributed by atoms with van der Waals surface area (Å²) in [7, 11) is 0. The van der Waals surface area contributed by atoms with Crippen molar-refractivity contribution in [2.75, 3.05) is 0 Å². The topological polar surface area (TPSA) is 180 Å². The van der Waals surface area contributed by atoms with Crippen LogP contribution in [0.25, 0.3) is 0 Å². The van der Waals surface area contributed by atoms with Crippen molar-refractivity contribution in [2.24, 2.45) is 0 Å². The van der Waals surface area contributed by atoms with Crippen LogP contribution in [0.5, 0.6) is 0 Å². The lowest BCUT2D eigenvalue weighted by atomic mass is 10.0. The van der Waals surface area contributed by atoms with Crippen molar-refractivity contribution >= 4 is 0 Å². The minimum atomic E-state index is 0. The van der Waals surface area contributed by atoms with Crippen LogP contribution in [0.4, 0.5) is 0 Å². The molecular formula is C60H96N14. The summed E-state index contributed by atoms with van der Waals surface area (Å²) in [5, 5.41) is 0. The van der Waals surface area contributed by atoms with Crippen molar-refractivity contribution in [3.05, 3.63) is 165 Å². The molecule has 0 aliphatic heterocycles. The molecule has 14 heteroatoms. The van der Waals surface area contributed by atoms with Gasteiger partial charge in [-0.2, -0.15) is 0 Å². The lowest BCUT2D eigenvalue weighted by Crippen LogP contribution is -2.00. The van der Waals surface area contributed by atoms with E-state index in [1.54, 1.807) is 37.7 Å². The zero-order chi connectivity index (χ0) is 54.7. The van der Waals surface area contributed by atoms with E-state index < -0.39 is 0 Å². The van der Waals surface area contributed by atoms with Gasteiger partial charge < -0.3 is 0 Å². The Morgan fingerprint density at radius 3 is 1.20 bits per heavy atom. The summed E-state index contributed by atoms with van der Waals surface area (Å²) in [5.41, 5.74) is 14.7. The molecule has 0 unspecified atom stereocenters. The largest absolute Gasteiger partial charge is 0.245 e. The Bertz CT molecular complexity index is 2520. The van der Waals surface area contributed by atoms with Crippen molar-refractivity contribution in [3.8, 4) is 0 Å². The molecule has 0 aliphatic carbocycles. The molecule has 0 spiro atoms. The summed E-state index contributed by atoms with van der Waals surface area (Å²) in [5.74, 6) is 6.09. The highest BCUT2D eigenvalue weighted by Crippen LogP contribution is 2.18. The van der Waals surface area contributed by atoms with E-state index in [4.69, 9.17) is 0 Å². The Kier molecular flexibility index (Phi) is 34.3. The van der Waals surface area contributed by atoms with E-state index in [1.807, 2.05) is 85.1 Å². The van der Waals surface area contributed by atoms with Crippen molar-refractivity contribution in [2.45, 2.75) is 216 Å². The number of rotatable bonds is 7. The zero-order valence-corrected chi connectivity index (χ0v) is 48.2. The second-order valence-corrected chi connectivity index (χ2v) is 19.9. The third-order valence-electron chi connectivity index (χ3n) is 10.7. The standard InChI is InChI=1S/3C9H14N2.3C8H12N2.C7H10N2.2CH4/c1-6(2)9-7(3)8(4)10-5-11-9;1-6(2)9-7(3)5-10-8(4)11-9;1-6(2)9-5-7(3)10-8(4)11-9;1-6(2)8-7(3)4-9-5-10-8;1-6(2)8-4-7(3)9-5-10-8;1-6(2)8-4-5-9-7(3)10-8;1-6(2)7-3-4-8-5-9-7;;/h3*5-6H,1-4H3;3*4-6H,1-3H3;3-6H,1-2H3;2*1H4. The lowest BCUT2D eigenvalue weighted by molar-refractivity contribution is 0.789. The molecule has 0 amide bonds. The third kappa shape index (κ3) is 27.6. The van der Waals surface area contributed by atoms with E-state index >= 15 is 0 Å². The Morgan fingerprint density at radius 2 is 0.797 bits per heavy atom. The Labute approximate surface area is 449 Å². The van der Waals surface area contributed by atoms with Crippen molar-refractivity contribution < 1.29 is 0 Å². The molecule has 0 bridgehead atoms. The van der Waals surface area contributed by atoms with Gasteiger partial charge in [0.05, 0.1) is 0 Å². The summed E-state index contributed by atoms with van der Waals surface area (Å²) in [6.07, 6.45) is 13.7. The van der Waals surface area contributed by atoms with E-state index in [-0.39, 0.29) is 14.9 Å². The second kappa shape index (κ2) is 36.5. The highest BCUT2D eigenvalue weighted by molar-refractivity contribution is 5.24. The van der Waals surface area contributed by atoms with Crippen LogP contribution in [-0.4, -0.2) is 69.8 Å². The molecule has 0 saturated carbocycles. The smallest absolute Gasteiger partial charge is 0.125 e. The van der Waals surface area contributed by atoms with Gasteiger partial charge in [-0.05, 0) is 145 Å². The maximum Gasteiger partial charge on any atom is 0.125 e. The summed E-state index contributed by atoms with van der Waals surface area (Å²) in [6.45, 7) is 47.8. The van der Waals surface area contributed by atoms with Crippen LogP contribution in [-0.2, 0) is 0 Å². The number of hydrogen-bond donors (Lipinski definition) is 0. The summed E-state index contributed by atoms with van der Waals surface area (Å²) < 4.78 is 0. The van der Waals surface area contributed by atoms with Crippen LogP contribution in [0.2, 0.25) is 0 Å². The van der Waals surface area contributed by atoms with Gasteiger partial charge in [-0.15, -0.1) is 0 Å². The van der Waals surface area contributed by atoms with Gasteiger partial charge in [0, 0.05) is 81.7 Å². The van der Waals surface area contributed by atoms with Gasteiger partial charge in [0.25, 0.3) is 0 Å². The first-order valence-corrected chi connectivity index (χ1v) is 25.3. The number of aryl methyl sites for hydroxylation is 8. The third-order valence-corrected chi connectivity index (χ3v) is 10.7. The quantitative estimate of drug-likeness (QED) is 0.147. The molecule has 14 nitrogen and oxygen atoms in total. The van der Waals surface area contributed by atoms with Gasteiger partial charge in [-0.3, -0.25) is 0 Å². The Hall–Kier alpha value is -6.44. The van der Waals surface area contributed by atoms with Crippen molar-refractivity contribution in [1.82, 2.24) is 69.8 Å². The number of hydrogen-bond acceptors (Lipinski definition) is 14. The monoisotopic (exact) mass is 1010 g/mol. The normalized spacial score (nSPS) is 10.2. The molecule has 0 aromatic carbocycles. The fourth-order valence-electron chi connectivity index (χ4n) is 6.55. The summed E-state index contributed by atoms with van der Waals surface area (Å²) >= 11 is 0. The molecule has 7 aromatic heterocycles. The molecule has 0 N–H and O–H groups in total. The first-order valence-electron chi connectivity index (χ1n) is 25.3. The number of aromatic nitrogens is 14. The zero-order valence-electron chi connectivity index (χ0n) is 48.2. The maximum atomic E-state index is 4.36. The predicted molar refractivity (Wildman–Crippen MR) is 309 cm³/mol. The SMILES string of the molecule is C.C.CC(C)c1ccncn1.Cc1cc(C(C)C)nc(C)n1.Cc1cc(C(C)C)ncn1.Cc1cncnc1C(C)C.Cc1ncc(C)c(C(C)C)n1.Cc1nccc(C(C)C)n1.Cc1ncnc(C(C)C)c1C. The fourth-order valence-corrected chi connectivity index (χ4v) is 6.55. The highest BCUT2D eigenvalue weighted by atomic mass is 14.9. The van der Waals surface area contributed by atoms with Gasteiger partial charge in [0.1, 0.15) is 42.8 Å². The molecular weight excluding hydrogens is 917 g/mol. The Balaban J connectivity index is 0. The molecule has 0 saturated heterocycles. The first kappa shape index (κ1) is 69.6. The van der Waals surface area contributed by atoms with E-state index in [0.29, 0.717) is 41.4 Å². The summed E-state index contributed by atoms with van der Waals surface area (Å²) in [4.78, 5) is 57.7. The molecule has 0 atom stereocenters. The minimum absolute atomic E-state index is 0. The average Bonchev–Trinajstić information content (AvgIpc) is 3.32. The lowest BCUT2D eigenvalue weighted by Gasteiger charge is -2.08. The Morgan fingerprint density at radius 1 is 0.324 bits per heavy atom. The maximum absolute atomic E-state index is 4.36. The molecule has 0 radical (unpaired) electrons. The van der Waals surface area contributed by atoms with Gasteiger partial charge >= 0.3 is 0 Å². The minimum Gasteiger partial charge on any atom is -0.245 e. The second-order valence-electron chi connectivity index (χ2n) is 19.9. The van der Waals surface area contributed by atoms with Gasteiger partial charge in [0.2, 0.25) is 0 Å². The molecule has 406 valence electrons. The molecule has 7 heterocycles. The van der Waals surface area contributed by atoms with E-state index in [0.717, 1.165) is 74.4 Å². The predicted octanol–water partition coefficient (Wildman–Crippen LogP) is 15.2. The van der Waals surface area contributed by atoms with Crippen molar-refractivity contribution in [1.29, 1.82) is 0 Å². The fraction of sp³-hybridized carbons (Fsp3) is 0.533. The van der Waals surface area contributed by atoms with Crippen LogP contribution in [0.15, 0.2) is 74.4 Å². The molecule has 7 aromatic rings. The van der Waals surface area contributed by atoms with Gasteiger partial charge in [0.15, 0.2) is 0 Å². The average molecular weight is 1010 g/mol. The van der Waals surface area contributed by atoms with Crippen molar-refractivity contribution in [3.63, 3.8) is 0 Å².